The SMILES string of the molecule is Cc1cc(N2CC(NS(=O)(=O)c3cccnc3)C2)nc2c1c(=O)c(C(=O)O)cn2-c1ncns1. The smallest absolute Gasteiger partial charge is 0.341 e. The molecule has 5 heterocycles. The number of nitrogens with zero attached hydrogens (tertiary/aromatic N) is 6. The van der Waals surface area contributed by atoms with Crippen LogP contribution in [0.4, 0.5) is 5.82 Å². The first-order valence-corrected chi connectivity index (χ1v) is 12.2. The van der Waals surface area contributed by atoms with Crippen molar-refractivity contribution in [3.8, 4) is 5.13 Å². The first kappa shape index (κ1) is 22.1. The number of carboxylic acids is 1. The molecule has 4 aromatic heterocycles. The van der Waals surface area contributed by atoms with Crippen molar-refractivity contribution in [2.75, 3.05) is 18.0 Å². The summed E-state index contributed by atoms with van der Waals surface area (Å²) >= 11 is 1.03. The van der Waals surface area contributed by atoms with E-state index in [4.69, 9.17) is 0 Å². The van der Waals surface area contributed by atoms with E-state index >= 15 is 0 Å². The Balaban J connectivity index is 1.48. The van der Waals surface area contributed by atoms with Crippen LogP contribution in [-0.4, -0.2) is 62.5 Å². The van der Waals surface area contributed by atoms with E-state index in [1.807, 2.05) is 4.90 Å². The second kappa shape index (κ2) is 8.23. The predicted octanol–water partition coefficient (Wildman–Crippen LogP) is 0.806. The van der Waals surface area contributed by atoms with Crippen molar-refractivity contribution in [1.82, 2.24) is 28.6 Å². The maximum Gasteiger partial charge on any atom is 0.341 e. The third-order valence-electron chi connectivity index (χ3n) is 5.40. The summed E-state index contributed by atoms with van der Waals surface area (Å²) in [6.07, 6.45) is 5.31. The molecule has 1 aliphatic rings. The van der Waals surface area contributed by atoms with Crippen LogP contribution >= 0.6 is 11.5 Å². The quantitative estimate of drug-likeness (QED) is 0.388. The van der Waals surface area contributed by atoms with Crippen LogP contribution in [-0.2, 0) is 10.0 Å². The minimum Gasteiger partial charge on any atom is -0.477 e. The van der Waals surface area contributed by atoms with Gasteiger partial charge in [0.1, 0.15) is 22.6 Å². The van der Waals surface area contributed by atoms with Crippen LogP contribution in [0.25, 0.3) is 16.2 Å². The third kappa shape index (κ3) is 3.81. The molecule has 0 spiro atoms. The average Bonchev–Trinajstić information content (AvgIpc) is 3.31. The molecule has 174 valence electrons. The number of rotatable bonds is 6. The molecule has 1 saturated heterocycles. The lowest BCUT2D eigenvalue weighted by atomic mass is 10.1. The maximum absolute atomic E-state index is 12.9. The van der Waals surface area contributed by atoms with Gasteiger partial charge in [-0.3, -0.25) is 14.3 Å². The van der Waals surface area contributed by atoms with E-state index in [0.717, 1.165) is 11.5 Å². The number of aromatic carboxylic acids is 1. The zero-order valence-corrected chi connectivity index (χ0v) is 19.2. The van der Waals surface area contributed by atoms with Gasteiger partial charge in [-0.25, -0.2) is 27.9 Å². The number of carboxylic acid groups (broad SMARTS) is 1. The fourth-order valence-corrected chi connectivity index (χ4v) is 5.44. The lowest BCUT2D eigenvalue weighted by molar-refractivity contribution is 0.0695. The van der Waals surface area contributed by atoms with E-state index in [1.54, 1.807) is 19.1 Å². The van der Waals surface area contributed by atoms with Crippen molar-refractivity contribution < 1.29 is 18.3 Å². The summed E-state index contributed by atoms with van der Waals surface area (Å²) in [5.41, 5.74) is -0.230. The zero-order valence-electron chi connectivity index (χ0n) is 17.6. The van der Waals surface area contributed by atoms with Gasteiger partial charge < -0.3 is 10.0 Å². The highest BCUT2D eigenvalue weighted by Gasteiger charge is 2.32. The molecule has 0 unspecified atom stereocenters. The highest BCUT2D eigenvalue weighted by Crippen LogP contribution is 2.27. The summed E-state index contributed by atoms with van der Waals surface area (Å²) in [6, 6.07) is 4.38. The first-order valence-electron chi connectivity index (χ1n) is 9.99. The molecule has 14 heteroatoms. The van der Waals surface area contributed by atoms with Crippen molar-refractivity contribution in [2.45, 2.75) is 17.9 Å². The van der Waals surface area contributed by atoms with Gasteiger partial charge in [0.15, 0.2) is 5.65 Å². The van der Waals surface area contributed by atoms with E-state index in [1.165, 1.54) is 35.6 Å². The Hall–Kier alpha value is -3.75. The van der Waals surface area contributed by atoms with E-state index < -0.39 is 27.0 Å². The molecular formula is C20H17N7O5S2. The summed E-state index contributed by atoms with van der Waals surface area (Å²) in [5.74, 6) is -0.817. The Morgan fingerprint density at radius 1 is 1.32 bits per heavy atom. The number of aromatic nitrogens is 5. The van der Waals surface area contributed by atoms with Crippen LogP contribution in [0, 0.1) is 6.92 Å². The number of pyridine rings is 3. The van der Waals surface area contributed by atoms with Crippen molar-refractivity contribution in [3.63, 3.8) is 0 Å². The average molecular weight is 500 g/mol. The number of fused-ring (bicyclic) bond motifs is 1. The van der Waals surface area contributed by atoms with E-state index in [-0.39, 0.29) is 22.0 Å². The summed E-state index contributed by atoms with van der Waals surface area (Å²) < 4.78 is 33.1. The Morgan fingerprint density at radius 2 is 2.12 bits per heavy atom. The van der Waals surface area contributed by atoms with Gasteiger partial charge in [-0.05, 0) is 30.7 Å². The highest BCUT2D eigenvalue weighted by molar-refractivity contribution is 7.89. The van der Waals surface area contributed by atoms with Crippen LogP contribution in [0.5, 0.6) is 0 Å². The minimum atomic E-state index is -3.70. The predicted molar refractivity (Wildman–Crippen MR) is 123 cm³/mol. The Morgan fingerprint density at radius 3 is 2.76 bits per heavy atom. The Labute approximate surface area is 196 Å². The fourth-order valence-electron chi connectivity index (χ4n) is 3.74. The Bertz CT molecular complexity index is 1560. The summed E-state index contributed by atoms with van der Waals surface area (Å²) in [7, 11) is -3.70. The second-order valence-electron chi connectivity index (χ2n) is 7.68. The molecule has 12 nitrogen and oxygen atoms in total. The molecule has 0 bridgehead atoms. The van der Waals surface area contributed by atoms with Crippen molar-refractivity contribution in [3.05, 3.63) is 64.5 Å². The largest absolute Gasteiger partial charge is 0.477 e. The second-order valence-corrected chi connectivity index (χ2v) is 10.2. The van der Waals surface area contributed by atoms with Gasteiger partial charge in [-0.15, -0.1) is 0 Å². The number of aryl methyl sites for hydroxylation is 1. The molecule has 2 N–H and O–H groups in total. The molecule has 0 radical (unpaired) electrons. The van der Waals surface area contributed by atoms with E-state index in [9.17, 15) is 23.1 Å². The molecular weight excluding hydrogens is 482 g/mol. The van der Waals surface area contributed by atoms with Crippen molar-refractivity contribution in [1.29, 1.82) is 0 Å². The summed E-state index contributed by atoms with van der Waals surface area (Å²) in [4.78, 5) is 39.0. The van der Waals surface area contributed by atoms with Gasteiger partial charge >= 0.3 is 5.97 Å². The number of hydrogen-bond acceptors (Lipinski definition) is 10. The molecule has 5 rings (SSSR count). The number of anilines is 1. The van der Waals surface area contributed by atoms with Crippen LogP contribution in [0.3, 0.4) is 0 Å². The lowest BCUT2D eigenvalue weighted by Crippen LogP contribution is -2.59. The molecule has 1 aliphatic heterocycles. The van der Waals surface area contributed by atoms with Gasteiger partial charge in [0.2, 0.25) is 20.6 Å². The van der Waals surface area contributed by atoms with Crippen LogP contribution in [0.1, 0.15) is 15.9 Å². The molecule has 0 atom stereocenters. The number of sulfonamides is 1. The maximum atomic E-state index is 12.9. The topological polar surface area (TPSA) is 160 Å². The van der Waals surface area contributed by atoms with Gasteiger partial charge in [-0.1, -0.05) is 0 Å². The van der Waals surface area contributed by atoms with E-state index in [0.29, 0.717) is 29.6 Å². The molecule has 4 aromatic rings. The normalized spacial score (nSPS) is 14.3. The standard InChI is InChI=1S/C20H17N7O5S2/c1-11-5-15(26-7-12(8-26)25-34(31,32)13-3-2-4-21-6-13)24-18-16(11)17(28)14(19(29)30)9-27(18)20-22-10-23-33-20/h2-6,9-10,12,25H,7-8H2,1H3,(H,29,30). The lowest BCUT2D eigenvalue weighted by Gasteiger charge is -2.40. The van der Waals surface area contributed by atoms with Gasteiger partial charge in [-0.2, -0.15) is 4.37 Å². The Kier molecular flexibility index (Phi) is 5.34. The van der Waals surface area contributed by atoms with Crippen molar-refractivity contribution in [2.24, 2.45) is 0 Å². The monoisotopic (exact) mass is 499 g/mol. The number of hydrogen-bond donors (Lipinski definition) is 2. The molecule has 34 heavy (non-hydrogen) atoms. The number of nitrogens with one attached hydrogen (secondary N) is 1. The summed E-state index contributed by atoms with van der Waals surface area (Å²) in [6.45, 7) is 2.44. The van der Waals surface area contributed by atoms with Crippen LogP contribution in [0.15, 0.2) is 52.8 Å². The van der Waals surface area contributed by atoms with Crippen molar-refractivity contribution >= 4 is 44.4 Å². The first-order chi connectivity index (χ1) is 16.2. The van der Waals surface area contributed by atoms with Crippen LogP contribution in [0.2, 0.25) is 0 Å². The number of carbonyl (C=O) groups is 1. The molecule has 0 amide bonds. The minimum absolute atomic E-state index is 0.0865. The molecule has 0 aromatic carbocycles. The van der Waals surface area contributed by atoms with Gasteiger partial charge in [0.05, 0.1) is 11.4 Å². The molecule has 0 aliphatic carbocycles. The van der Waals surface area contributed by atoms with Crippen LogP contribution < -0.4 is 15.1 Å². The van der Waals surface area contributed by atoms with Gasteiger partial charge in [0, 0.05) is 43.2 Å². The van der Waals surface area contributed by atoms with Gasteiger partial charge in [0.25, 0.3) is 0 Å². The fraction of sp³-hybridized carbons (Fsp3) is 0.200. The molecule has 1 fully saturated rings. The zero-order chi connectivity index (χ0) is 24.0. The third-order valence-corrected chi connectivity index (χ3v) is 7.57. The highest BCUT2D eigenvalue weighted by atomic mass is 32.2. The summed E-state index contributed by atoms with van der Waals surface area (Å²) in [5, 5.41) is 10.0. The molecule has 0 saturated carbocycles. The van der Waals surface area contributed by atoms with E-state index in [2.05, 4.69) is 24.0 Å².